The number of hydrogen-bond donors (Lipinski definition) is 2. The fourth-order valence-corrected chi connectivity index (χ4v) is 2.12. The van der Waals surface area contributed by atoms with Crippen LogP contribution >= 0.6 is 0 Å². The van der Waals surface area contributed by atoms with Crippen LogP contribution < -0.4 is 5.56 Å². The van der Waals surface area contributed by atoms with Crippen LogP contribution in [0.15, 0.2) is 47.3 Å². The number of benzene rings is 2. The minimum absolute atomic E-state index is 0.0675. The van der Waals surface area contributed by atoms with Crippen molar-refractivity contribution in [1.29, 1.82) is 0 Å². The lowest BCUT2D eigenvalue weighted by molar-refractivity contribution is 0.0697. The van der Waals surface area contributed by atoms with Gasteiger partial charge in [0.1, 0.15) is 5.82 Å². The highest BCUT2D eigenvalue weighted by atomic mass is 16.4. The van der Waals surface area contributed by atoms with Gasteiger partial charge in [-0.05, 0) is 25.1 Å². The third kappa shape index (κ3) is 2.41. The van der Waals surface area contributed by atoms with Crippen molar-refractivity contribution in [2.24, 2.45) is 0 Å². The van der Waals surface area contributed by atoms with Crippen LogP contribution in [-0.4, -0.2) is 21.0 Å². The number of H-pyrrole nitrogens is 1. The van der Waals surface area contributed by atoms with Gasteiger partial charge in [0, 0.05) is 5.56 Å². The molecule has 1 heterocycles. The highest BCUT2D eigenvalue weighted by Gasteiger charge is 2.09. The third-order valence-corrected chi connectivity index (χ3v) is 3.28. The van der Waals surface area contributed by atoms with E-state index in [1.165, 1.54) is 12.1 Å². The number of carboxylic acid groups (broad SMARTS) is 1. The standard InChI is InChI=1S/C16H12N2O3/c1-9-2-4-10(5-3-9)14-17-13-7-6-11(16(20)21)8-12(13)15(19)18-14/h2-8H,1H3,(H,20,21)(H,17,18,19). The van der Waals surface area contributed by atoms with Crippen LogP contribution in [0.2, 0.25) is 0 Å². The molecule has 0 atom stereocenters. The first-order valence-electron chi connectivity index (χ1n) is 6.39. The lowest BCUT2D eigenvalue weighted by Gasteiger charge is -2.04. The molecule has 0 unspecified atom stereocenters. The van der Waals surface area contributed by atoms with E-state index in [4.69, 9.17) is 5.11 Å². The van der Waals surface area contributed by atoms with Gasteiger partial charge in [-0.3, -0.25) is 4.79 Å². The van der Waals surface area contributed by atoms with Crippen molar-refractivity contribution >= 4 is 16.9 Å². The van der Waals surface area contributed by atoms with Crippen molar-refractivity contribution in [3.63, 3.8) is 0 Å². The zero-order valence-electron chi connectivity index (χ0n) is 11.3. The molecule has 0 aliphatic heterocycles. The van der Waals surface area contributed by atoms with Gasteiger partial charge in [-0.1, -0.05) is 29.8 Å². The highest BCUT2D eigenvalue weighted by Crippen LogP contribution is 2.17. The van der Waals surface area contributed by atoms with Crippen molar-refractivity contribution in [2.45, 2.75) is 6.92 Å². The summed E-state index contributed by atoms with van der Waals surface area (Å²) in [5, 5.41) is 9.23. The molecule has 1 aromatic heterocycles. The molecule has 0 saturated carbocycles. The van der Waals surface area contributed by atoms with E-state index in [1.807, 2.05) is 31.2 Å². The fourth-order valence-electron chi connectivity index (χ4n) is 2.12. The molecule has 2 aromatic carbocycles. The number of fused-ring (bicyclic) bond motifs is 1. The molecular weight excluding hydrogens is 268 g/mol. The molecule has 5 heteroatoms. The van der Waals surface area contributed by atoms with Gasteiger partial charge in [-0.2, -0.15) is 0 Å². The Labute approximate surface area is 119 Å². The van der Waals surface area contributed by atoms with Crippen LogP contribution in [0.1, 0.15) is 15.9 Å². The van der Waals surface area contributed by atoms with E-state index in [9.17, 15) is 9.59 Å². The number of aromatic nitrogens is 2. The van der Waals surface area contributed by atoms with Crippen molar-refractivity contribution < 1.29 is 9.90 Å². The largest absolute Gasteiger partial charge is 0.478 e. The Morgan fingerprint density at radius 3 is 2.52 bits per heavy atom. The van der Waals surface area contributed by atoms with Gasteiger partial charge >= 0.3 is 5.97 Å². The number of carbonyl (C=O) groups is 1. The summed E-state index contributed by atoms with van der Waals surface area (Å²) in [6.07, 6.45) is 0. The number of aromatic amines is 1. The quantitative estimate of drug-likeness (QED) is 0.755. The summed E-state index contributed by atoms with van der Waals surface area (Å²) in [6, 6.07) is 12.0. The molecule has 0 aliphatic carbocycles. The molecule has 3 rings (SSSR count). The normalized spacial score (nSPS) is 10.7. The molecule has 21 heavy (non-hydrogen) atoms. The van der Waals surface area contributed by atoms with Crippen LogP contribution in [0.5, 0.6) is 0 Å². The van der Waals surface area contributed by atoms with Crippen molar-refractivity contribution in [2.75, 3.05) is 0 Å². The van der Waals surface area contributed by atoms with Crippen LogP contribution in [-0.2, 0) is 0 Å². The average Bonchev–Trinajstić information content (AvgIpc) is 2.47. The Morgan fingerprint density at radius 2 is 1.86 bits per heavy atom. The fraction of sp³-hybridized carbons (Fsp3) is 0.0625. The van der Waals surface area contributed by atoms with Crippen molar-refractivity contribution in [1.82, 2.24) is 9.97 Å². The predicted octanol–water partition coefficient (Wildman–Crippen LogP) is 2.60. The Hall–Kier alpha value is -2.95. The van der Waals surface area contributed by atoms with Gasteiger partial charge in [0.05, 0.1) is 16.5 Å². The zero-order valence-corrected chi connectivity index (χ0v) is 11.3. The van der Waals surface area contributed by atoms with Gasteiger partial charge in [0.15, 0.2) is 0 Å². The summed E-state index contributed by atoms with van der Waals surface area (Å²) < 4.78 is 0. The summed E-state index contributed by atoms with van der Waals surface area (Å²) in [7, 11) is 0. The summed E-state index contributed by atoms with van der Waals surface area (Å²) >= 11 is 0. The maximum absolute atomic E-state index is 12.1. The maximum atomic E-state index is 12.1. The number of aromatic carboxylic acids is 1. The van der Waals surface area contributed by atoms with Crippen LogP contribution in [0.3, 0.4) is 0 Å². The number of nitrogens with one attached hydrogen (secondary N) is 1. The van der Waals surface area contributed by atoms with Gasteiger partial charge in [-0.25, -0.2) is 9.78 Å². The molecule has 3 aromatic rings. The zero-order chi connectivity index (χ0) is 15.0. The third-order valence-electron chi connectivity index (χ3n) is 3.28. The minimum atomic E-state index is -1.07. The second-order valence-electron chi connectivity index (χ2n) is 4.82. The van der Waals surface area contributed by atoms with Gasteiger partial charge < -0.3 is 10.1 Å². The van der Waals surface area contributed by atoms with Crippen LogP contribution in [0.4, 0.5) is 0 Å². The first kappa shape index (κ1) is 13.1. The van der Waals surface area contributed by atoms with Gasteiger partial charge in [0.25, 0.3) is 5.56 Å². The maximum Gasteiger partial charge on any atom is 0.335 e. The summed E-state index contributed by atoms with van der Waals surface area (Å²) in [4.78, 5) is 30.2. The Kier molecular flexibility index (Phi) is 3.02. The van der Waals surface area contributed by atoms with Gasteiger partial charge in [0.2, 0.25) is 0 Å². The first-order chi connectivity index (χ1) is 10.0. The predicted molar refractivity (Wildman–Crippen MR) is 79.5 cm³/mol. The lowest BCUT2D eigenvalue weighted by Crippen LogP contribution is -2.10. The molecule has 2 N–H and O–H groups in total. The van der Waals surface area contributed by atoms with Gasteiger partial charge in [-0.15, -0.1) is 0 Å². The SMILES string of the molecule is Cc1ccc(-c2nc3ccc(C(=O)O)cc3c(=O)[nH]2)cc1. The molecule has 0 radical (unpaired) electrons. The molecule has 0 aliphatic rings. The number of rotatable bonds is 2. The topological polar surface area (TPSA) is 83.0 Å². The summed E-state index contributed by atoms with van der Waals surface area (Å²) in [6.45, 7) is 1.98. The monoisotopic (exact) mass is 280 g/mol. The molecular formula is C16H12N2O3. The van der Waals surface area contributed by atoms with E-state index >= 15 is 0 Å². The van der Waals surface area contributed by atoms with Crippen LogP contribution in [0, 0.1) is 6.92 Å². The Balaban J connectivity index is 2.20. The minimum Gasteiger partial charge on any atom is -0.478 e. The molecule has 0 saturated heterocycles. The second-order valence-corrected chi connectivity index (χ2v) is 4.82. The highest BCUT2D eigenvalue weighted by molar-refractivity contribution is 5.93. The molecule has 0 bridgehead atoms. The molecule has 0 spiro atoms. The average molecular weight is 280 g/mol. The second kappa shape index (κ2) is 4.86. The smallest absolute Gasteiger partial charge is 0.335 e. The summed E-state index contributed by atoms with van der Waals surface area (Å²) in [5.74, 6) is -0.602. The number of nitrogens with zero attached hydrogens (tertiary/aromatic N) is 1. The first-order valence-corrected chi connectivity index (χ1v) is 6.39. The van der Waals surface area contributed by atoms with E-state index in [1.54, 1.807) is 6.07 Å². The van der Waals surface area contributed by atoms with E-state index in [0.717, 1.165) is 11.1 Å². The summed E-state index contributed by atoms with van der Waals surface area (Å²) in [5.41, 5.74) is 2.12. The Bertz CT molecular complexity index is 896. The van der Waals surface area contributed by atoms with E-state index in [2.05, 4.69) is 9.97 Å². The van der Waals surface area contributed by atoms with E-state index in [-0.39, 0.29) is 16.5 Å². The molecule has 0 amide bonds. The lowest BCUT2D eigenvalue weighted by atomic mass is 10.1. The Morgan fingerprint density at radius 1 is 1.14 bits per heavy atom. The molecule has 104 valence electrons. The number of hydrogen-bond acceptors (Lipinski definition) is 3. The van der Waals surface area contributed by atoms with Crippen molar-refractivity contribution in [3.05, 3.63) is 63.9 Å². The number of aryl methyl sites for hydroxylation is 1. The molecule has 5 nitrogen and oxygen atoms in total. The van der Waals surface area contributed by atoms with Crippen LogP contribution in [0.25, 0.3) is 22.3 Å². The number of carboxylic acids is 1. The van der Waals surface area contributed by atoms with E-state index in [0.29, 0.717) is 11.3 Å². The van der Waals surface area contributed by atoms with E-state index < -0.39 is 5.97 Å². The van der Waals surface area contributed by atoms with Crippen molar-refractivity contribution in [3.8, 4) is 11.4 Å². The molecule has 0 fully saturated rings.